The van der Waals surface area contributed by atoms with Crippen molar-refractivity contribution in [3.8, 4) is 5.75 Å². The van der Waals surface area contributed by atoms with Crippen molar-refractivity contribution in [2.24, 2.45) is 0 Å². The first-order valence-corrected chi connectivity index (χ1v) is 8.00. The van der Waals surface area contributed by atoms with Crippen molar-refractivity contribution in [1.82, 2.24) is 0 Å². The summed E-state index contributed by atoms with van der Waals surface area (Å²) >= 11 is 0. The standard InChI is InChI=1S/C19H13F3N2O4/c20-19(21,22)18(27)23-13-3-1-2-11(8-13)4-6-15(25)12-5-7-16-14(9-12)24-17(26)10-28-16/h1-9H,10H2,(H,23,27)(H,24,26)/b6-4+. The fraction of sp³-hybridized carbons (Fsp3) is 0.105. The summed E-state index contributed by atoms with van der Waals surface area (Å²) in [6.07, 6.45) is -2.36. The zero-order valence-corrected chi connectivity index (χ0v) is 14.2. The van der Waals surface area contributed by atoms with Gasteiger partial charge in [0.05, 0.1) is 5.69 Å². The molecule has 1 heterocycles. The largest absolute Gasteiger partial charge is 0.482 e. The van der Waals surface area contributed by atoms with Crippen LogP contribution in [0.4, 0.5) is 24.5 Å². The van der Waals surface area contributed by atoms with Crippen LogP contribution in [0, 0.1) is 0 Å². The minimum absolute atomic E-state index is 0.0504. The number of anilines is 2. The molecular weight excluding hydrogens is 377 g/mol. The molecule has 0 radical (unpaired) electrons. The van der Waals surface area contributed by atoms with Crippen LogP contribution in [0.3, 0.4) is 0 Å². The molecular formula is C19H13F3N2O4. The summed E-state index contributed by atoms with van der Waals surface area (Å²) in [4.78, 5) is 34.7. The lowest BCUT2D eigenvalue weighted by Gasteiger charge is -2.17. The molecule has 2 N–H and O–H groups in total. The molecule has 1 aliphatic rings. The molecule has 2 amide bonds. The fourth-order valence-electron chi connectivity index (χ4n) is 2.43. The number of fused-ring (bicyclic) bond motifs is 1. The molecule has 0 bridgehead atoms. The highest BCUT2D eigenvalue weighted by Gasteiger charge is 2.38. The van der Waals surface area contributed by atoms with Gasteiger partial charge in [0.1, 0.15) is 5.75 Å². The van der Waals surface area contributed by atoms with Crippen LogP contribution in [0.25, 0.3) is 6.08 Å². The SMILES string of the molecule is O=C1COc2ccc(C(=O)/C=C/c3cccc(NC(=O)C(F)(F)F)c3)cc2N1. The van der Waals surface area contributed by atoms with Gasteiger partial charge in [-0.2, -0.15) is 13.2 Å². The second-order valence-electron chi connectivity index (χ2n) is 5.82. The molecule has 2 aromatic carbocycles. The van der Waals surface area contributed by atoms with Crippen molar-refractivity contribution in [2.75, 3.05) is 17.2 Å². The summed E-state index contributed by atoms with van der Waals surface area (Å²) in [6, 6.07) is 10.2. The molecule has 0 aliphatic carbocycles. The van der Waals surface area contributed by atoms with Crippen LogP contribution in [-0.4, -0.2) is 30.4 Å². The number of hydrogen-bond acceptors (Lipinski definition) is 4. The first-order chi connectivity index (χ1) is 13.2. The smallest absolute Gasteiger partial charge is 0.471 e. The number of alkyl halides is 3. The molecule has 1 aliphatic heterocycles. The topological polar surface area (TPSA) is 84.5 Å². The van der Waals surface area contributed by atoms with Crippen LogP contribution in [0.2, 0.25) is 0 Å². The maximum atomic E-state index is 12.3. The Labute approximate surface area is 157 Å². The third-order valence-corrected chi connectivity index (χ3v) is 3.73. The molecule has 3 rings (SSSR count). The maximum Gasteiger partial charge on any atom is 0.471 e. The van der Waals surface area contributed by atoms with Gasteiger partial charge in [-0.1, -0.05) is 18.2 Å². The lowest BCUT2D eigenvalue weighted by Crippen LogP contribution is -2.29. The van der Waals surface area contributed by atoms with Crippen molar-refractivity contribution in [3.63, 3.8) is 0 Å². The Balaban J connectivity index is 1.72. The number of carbonyl (C=O) groups is 3. The molecule has 6 nitrogen and oxygen atoms in total. The number of nitrogens with one attached hydrogen (secondary N) is 2. The average Bonchev–Trinajstić information content (AvgIpc) is 2.65. The van der Waals surface area contributed by atoms with Gasteiger partial charge in [-0.05, 0) is 42.0 Å². The number of allylic oxidation sites excluding steroid dienone is 1. The highest BCUT2D eigenvalue weighted by molar-refractivity contribution is 6.08. The highest BCUT2D eigenvalue weighted by atomic mass is 19.4. The molecule has 0 spiro atoms. The van der Waals surface area contributed by atoms with Crippen molar-refractivity contribution in [2.45, 2.75) is 6.18 Å². The van der Waals surface area contributed by atoms with E-state index in [0.717, 1.165) is 0 Å². The Morgan fingerprint density at radius 1 is 1.14 bits per heavy atom. The molecule has 9 heteroatoms. The van der Waals surface area contributed by atoms with Crippen LogP contribution in [0.5, 0.6) is 5.75 Å². The maximum absolute atomic E-state index is 12.3. The summed E-state index contributed by atoms with van der Waals surface area (Å²) in [6.45, 7) is -0.0958. The van der Waals surface area contributed by atoms with Gasteiger partial charge in [-0.3, -0.25) is 14.4 Å². The van der Waals surface area contributed by atoms with E-state index < -0.39 is 12.1 Å². The summed E-state index contributed by atoms with van der Waals surface area (Å²) in [7, 11) is 0. The molecule has 0 unspecified atom stereocenters. The van der Waals surface area contributed by atoms with Crippen molar-refractivity contribution in [1.29, 1.82) is 0 Å². The fourth-order valence-corrected chi connectivity index (χ4v) is 2.43. The third kappa shape index (κ3) is 4.56. The number of amides is 2. The summed E-state index contributed by atoms with van der Waals surface area (Å²) in [5.41, 5.74) is 1.04. The number of hydrogen-bond donors (Lipinski definition) is 2. The molecule has 2 aromatic rings. The predicted octanol–water partition coefficient (Wildman–Crippen LogP) is 3.41. The van der Waals surface area contributed by atoms with Crippen LogP contribution in [0.15, 0.2) is 48.5 Å². The van der Waals surface area contributed by atoms with Gasteiger partial charge in [0.25, 0.3) is 5.91 Å². The zero-order valence-electron chi connectivity index (χ0n) is 14.2. The number of benzene rings is 2. The number of rotatable bonds is 4. The van der Waals surface area contributed by atoms with Crippen molar-refractivity contribution in [3.05, 3.63) is 59.7 Å². The monoisotopic (exact) mass is 390 g/mol. The van der Waals surface area contributed by atoms with Gasteiger partial charge >= 0.3 is 12.1 Å². The quantitative estimate of drug-likeness (QED) is 0.619. The van der Waals surface area contributed by atoms with Crippen molar-refractivity contribution < 1.29 is 32.3 Å². The van der Waals surface area contributed by atoms with E-state index in [-0.39, 0.29) is 24.0 Å². The number of carbonyl (C=O) groups excluding carboxylic acids is 3. The first kappa shape index (κ1) is 19.2. The minimum atomic E-state index is -4.99. The first-order valence-electron chi connectivity index (χ1n) is 8.00. The Kier molecular flexibility index (Phi) is 5.16. The second kappa shape index (κ2) is 7.55. The Morgan fingerprint density at radius 3 is 2.68 bits per heavy atom. The van der Waals surface area contributed by atoms with Gasteiger partial charge < -0.3 is 15.4 Å². The number of ether oxygens (including phenoxy) is 1. The van der Waals surface area contributed by atoms with E-state index in [1.54, 1.807) is 17.4 Å². The van der Waals surface area contributed by atoms with Gasteiger partial charge in [0, 0.05) is 11.3 Å². The minimum Gasteiger partial charge on any atom is -0.482 e. The third-order valence-electron chi connectivity index (χ3n) is 3.73. The van der Waals surface area contributed by atoms with Gasteiger partial charge in [0.2, 0.25) is 0 Å². The molecule has 0 aromatic heterocycles. The van der Waals surface area contributed by atoms with E-state index in [1.165, 1.54) is 42.5 Å². The number of halogens is 3. The lowest BCUT2D eigenvalue weighted by molar-refractivity contribution is -0.167. The number of ketones is 1. The average molecular weight is 390 g/mol. The van der Waals surface area contributed by atoms with E-state index >= 15 is 0 Å². The van der Waals surface area contributed by atoms with Crippen LogP contribution in [-0.2, 0) is 9.59 Å². The summed E-state index contributed by atoms with van der Waals surface area (Å²) in [5, 5.41) is 4.34. The second-order valence-corrected chi connectivity index (χ2v) is 5.82. The molecule has 28 heavy (non-hydrogen) atoms. The normalized spacial score (nSPS) is 13.5. The van der Waals surface area contributed by atoms with E-state index in [4.69, 9.17) is 4.74 Å². The molecule has 0 atom stereocenters. The van der Waals surface area contributed by atoms with Crippen LogP contribution in [0.1, 0.15) is 15.9 Å². The van der Waals surface area contributed by atoms with Gasteiger partial charge in [-0.15, -0.1) is 0 Å². The van der Waals surface area contributed by atoms with E-state index in [9.17, 15) is 27.6 Å². The molecule has 144 valence electrons. The highest BCUT2D eigenvalue weighted by Crippen LogP contribution is 2.28. The summed E-state index contributed by atoms with van der Waals surface area (Å²) in [5.74, 6) is -2.34. The lowest BCUT2D eigenvalue weighted by atomic mass is 10.1. The summed E-state index contributed by atoms with van der Waals surface area (Å²) < 4.78 is 42.2. The van der Waals surface area contributed by atoms with Gasteiger partial charge in [0.15, 0.2) is 12.4 Å². The Morgan fingerprint density at radius 2 is 1.93 bits per heavy atom. The van der Waals surface area contributed by atoms with Crippen LogP contribution < -0.4 is 15.4 Å². The van der Waals surface area contributed by atoms with Gasteiger partial charge in [-0.25, -0.2) is 0 Å². The zero-order chi connectivity index (χ0) is 20.3. The van der Waals surface area contributed by atoms with Crippen LogP contribution >= 0.6 is 0 Å². The Bertz CT molecular complexity index is 983. The van der Waals surface area contributed by atoms with Crippen molar-refractivity contribution >= 4 is 35.0 Å². The molecule has 0 saturated carbocycles. The van der Waals surface area contributed by atoms with E-state index in [2.05, 4.69) is 5.32 Å². The predicted molar refractivity (Wildman–Crippen MR) is 95.1 cm³/mol. The van der Waals surface area contributed by atoms with E-state index in [0.29, 0.717) is 22.6 Å². The molecule has 0 saturated heterocycles. The molecule has 0 fully saturated rings. The van der Waals surface area contributed by atoms with E-state index in [1.807, 2.05) is 0 Å². The Hall–Kier alpha value is -3.62.